The summed E-state index contributed by atoms with van der Waals surface area (Å²) in [5.74, 6) is 0.191. The van der Waals surface area contributed by atoms with E-state index in [-0.39, 0.29) is 5.91 Å². The van der Waals surface area contributed by atoms with Gasteiger partial charge in [-0.05, 0) is 19.9 Å². The molecular weight excluding hydrogens is 178 g/mol. The van der Waals surface area contributed by atoms with Crippen LogP contribution in [-0.4, -0.2) is 55.0 Å². The predicted octanol–water partition coefficient (Wildman–Crippen LogP) is -0.112. The van der Waals surface area contributed by atoms with Crippen molar-refractivity contribution in [1.82, 2.24) is 9.80 Å². The van der Waals surface area contributed by atoms with Crippen LogP contribution in [0.15, 0.2) is 0 Å². The number of carbonyl (C=O) groups excluding carboxylic acids is 1. The van der Waals surface area contributed by atoms with E-state index in [1.807, 2.05) is 4.90 Å². The van der Waals surface area contributed by atoms with Gasteiger partial charge in [-0.3, -0.25) is 4.79 Å². The molecule has 14 heavy (non-hydrogen) atoms. The molecule has 0 radical (unpaired) electrons. The van der Waals surface area contributed by atoms with Gasteiger partial charge in [0.15, 0.2) is 0 Å². The van der Waals surface area contributed by atoms with Crippen molar-refractivity contribution in [1.29, 1.82) is 0 Å². The maximum absolute atomic E-state index is 11.2. The Bertz CT molecular complexity index is 196. The van der Waals surface area contributed by atoms with Crippen LogP contribution in [0.5, 0.6) is 0 Å². The van der Waals surface area contributed by atoms with Crippen molar-refractivity contribution in [2.75, 3.05) is 33.2 Å². The number of rotatable bonds is 3. The number of hydrogen-bond acceptors (Lipinski definition) is 3. The molecular formula is C10H21N3O. The van der Waals surface area contributed by atoms with Crippen LogP contribution in [0.3, 0.4) is 0 Å². The third-order valence-corrected chi connectivity index (χ3v) is 2.95. The molecule has 0 aromatic carbocycles. The molecule has 1 saturated heterocycles. The molecule has 1 aliphatic rings. The molecule has 1 fully saturated rings. The first kappa shape index (κ1) is 11.5. The van der Waals surface area contributed by atoms with Gasteiger partial charge in [-0.25, -0.2) is 0 Å². The van der Waals surface area contributed by atoms with E-state index in [2.05, 4.69) is 11.9 Å². The maximum atomic E-state index is 11.2. The van der Waals surface area contributed by atoms with Crippen molar-refractivity contribution < 1.29 is 4.79 Å². The Hall–Kier alpha value is -0.610. The molecule has 0 aromatic heterocycles. The average molecular weight is 199 g/mol. The summed E-state index contributed by atoms with van der Waals surface area (Å²) in [7, 11) is 2.08. The molecule has 1 aliphatic heterocycles. The summed E-state index contributed by atoms with van der Waals surface area (Å²) in [5.41, 5.74) is 5.51. The quantitative estimate of drug-likeness (QED) is 0.690. The van der Waals surface area contributed by atoms with Gasteiger partial charge in [0.25, 0.3) is 0 Å². The van der Waals surface area contributed by atoms with Gasteiger partial charge >= 0.3 is 0 Å². The zero-order valence-corrected chi connectivity index (χ0v) is 9.20. The summed E-state index contributed by atoms with van der Waals surface area (Å²) < 4.78 is 0. The summed E-state index contributed by atoms with van der Waals surface area (Å²) in [5, 5.41) is 0. The van der Waals surface area contributed by atoms with E-state index in [1.165, 1.54) is 6.42 Å². The molecule has 4 heteroatoms. The fourth-order valence-electron chi connectivity index (χ4n) is 1.99. The van der Waals surface area contributed by atoms with E-state index in [4.69, 9.17) is 5.73 Å². The van der Waals surface area contributed by atoms with Crippen LogP contribution in [-0.2, 0) is 4.79 Å². The lowest BCUT2D eigenvalue weighted by atomic mass is 10.0. The number of amides is 1. The first-order valence-electron chi connectivity index (χ1n) is 5.31. The van der Waals surface area contributed by atoms with Gasteiger partial charge in [-0.15, -0.1) is 0 Å². The highest BCUT2D eigenvalue weighted by atomic mass is 16.2. The van der Waals surface area contributed by atoms with E-state index < -0.39 is 0 Å². The highest BCUT2D eigenvalue weighted by Crippen LogP contribution is 2.14. The Kier molecular flexibility index (Phi) is 4.35. The monoisotopic (exact) mass is 199 g/mol. The van der Waals surface area contributed by atoms with Gasteiger partial charge in [0.05, 0.1) is 0 Å². The predicted molar refractivity (Wildman–Crippen MR) is 57.0 cm³/mol. The van der Waals surface area contributed by atoms with Gasteiger partial charge in [0.2, 0.25) is 5.91 Å². The third-order valence-electron chi connectivity index (χ3n) is 2.95. The minimum absolute atomic E-state index is 0.191. The van der Waals surface area contributed by atoms with E-state index in [9.17, 15) is 4.79 Å². The molecule has 0 spiro atoms. The highest BCUT2D eigenvalue weighted by Gasteiger charge is 2.23. The van der Waals surface area contributed by atoms with Crippen LogP contribution in [0, 0.1) is 0 Å². The number of piperidine rings is 1. The van der Waals surface area contributed by atoms with Crippen LogP contribution in [0.2, 0.25) is 0 Å². The van der Waals surface area contributed by atoms with Crippen molar-refractivity contribution in [2.45, 2.75) is 25.8 Å². The minimum atomic E-state index is 0.191. The van der Waals surface area contributed by atoms with E-state index in [1.54, 1.807) is 6.92 Å². The van der Waals surface area contributed by atoms with Crippen LogP contribution >= 0.6 is 0 Å². The normalized spacial score (nSPS) is 22.9. The standard InChI is InChI=1S/C10H21N3O/c1-9(14)13-6-3-4-10(8-13)12(2)7-5-11/h10H,3-8,11H2,1-2H3/t10-/m0/s1. The smallest absolute Gasteiger partial charge is 0.219 e. The van der Waals surface area contributed by atoms with Gasteiger partial charge in [0, 0.05) is 39.1 Å². The molecule has 0 bridgehead atoms. The Labute approximate surface area is 86.0 Å². The average Bonchev–Trinajstić information content (AvgIpc) is 2.18. The fraction of sp³-hybridized carbons (Fsp3) is 0.900. The Morgan fingerprint density at radius 2 is 2.36 bits per heavy atom. The second-order valence-corrected chi connectivity index (χ2v) is 4.03. The second kappa shape index (κ2) is 5.32. The molecule has 0 aliphatic carbocycles. The van der Waals surface area contributed by atoms with Gasteiger partial charge in [-0.1, -0.05) is 0 Å². The Morgan fingerprint density at radius 1 is 1.64 bits per heavy atom. The van der Waals surface area contributed by atoms with E-state index >= 15 is 0 Å². The van der Waals surface area contributed by atoms with Gasteiger partial charge < -0.3 is 15.5 Å². The molecule has 1 atom stereocenters. The largest absolute Gasteiger partial charge is 0.341 e. The molecule has 1 heterocycles. The Balaban J connectivity index is 2.43. The summed E-state index contributed by atoms with van der Waals surface area (Å²) in [4.78, 5) is 15.4. The zero-order chi connectivity index (χ0) is 10.6. The number of likely N-dealkylation sites (tertiary alicyclic amines) is 1. The highest BCUT2D eigenvalue weighted by molar-refractivity contribution is 5.73. The summed E-state index contributed by atoms with van der Waals surface area (Å²) in [6.45, 7) is 5.03. The molecule has 4 nitrogen and oxygen atoms in total. The fourth-order valence-corrected chi connectivity index (χ4v) is 1.99. The third kappa shape index (κ3) is 2.96. The lowest BCUT2D eigenvalue weighted by Crippen LogP contribution is -2.49. The van der Waals surface area contributed by atoms with Crippen molar-refractivity contribution >= 4 is 5.91 Å². The van der Waals surface area contributed by atoms with E-state index in [0.29, 0.717) is 12.6 Å². The lowest BCUT2D eigenvalue weighted by Gasteiger charge is -2.37. The van der Waals surface area contributed by atoms with Crippen molar-refractivity contribution in [3.05, 3.63) is 0 Å². The number of nitrogens with two attached hydrogens (primary N) is 1. The maximum Gasteiger partial charge on any atom is 0.219 e. The topological polar surface area (TPSA) is 49.6 Å². The molecule has 0 aromatic rings. The van der Waals surface area contributed by atoms with Gasteiger partial charge in [-0.2, -0.15) is 0 Å². The zero-order valence-electron chi connectivity index (χ0n) is 9.20. The van der Waals surface area contributed by atoms with Crippen LogP contribution in [0.25, 0.3) is 0 Å². The lowest BCUT2D eigenvalue weighted by molar-refractivity contribution is -0.130. The summed E-state index contributed by atoms with van der Waals surface area (Å²) in [6.07, 6.45) is 2.29. The van der Waals surface area contributed by atoms with Crippen LogP contribution < -0.4 is 5.73 Å². The summed E-state index contributed by atoms with van der Waals surface area (Å²) in [6, 6.07) is 0.496. The molecule has 82 valence electrons. The van der Waals surface area contributed by atoms with Crippen molar-refractivity contribution in [3.8, 4) is 0 Å². The molecule has 0 saturated carbocycles. The number of likely N-dealkylation sites (N-methyl/N-ethyl adjacent to an activating group) is 1. The molecule has 1 rings (SSSR count). The number of hydrogen-bond donors (Lipinski definition) is 1. The number of carbonyl (C=O) groups is 1. The first-order valence-corrected chi connectivity index (χ1v) is 5.31. The van der Waals surface area contributed by atoms with Crippen LogP contribution in [0.4, 0.5) is 0 Å². The minimum Gasteiger partial charge on any atom is -0.341 e. The van der Waals surface area contributed by atoms with Crippen molar-refractivity contribution in [2.24, 2.45) is 5.73 Å². The van der Waals surface area contributed by atoms with Gasteiger partial charge in [0.1, 0.15) is 0 Å². The molecule has 0 unspecified atom stereocenters. The number of nitrogens with zero attached hydrogens (tertiary/aromatic N) is 2. The van der Waals surface area contributed by atoms with Crippen molar-refractivity contribution in [3.63, 3.8) is 0 Å². The Morgan fingerprint density at radius 3 is 2.93 bits per heavy atom. The molecule has 2 N–H and O–H groups in total. The van der Waals surface area contributed by atoms with E-state index in [0.717, 1.165) is 26.1 Å². The SMILES string of the molecule is CC(=O)N1CCC[C@H](N(C)CCN)C1. The summed E-state index contributed by atoms with van der Waals surface area (Å²) >= 11 is 0. The molecule has 1 amide bonds. The van der Waals surface area contributed by atoms with Crippen LogP contribution in [0.1, 0.15) is 19.8 Å². The second-order valence-electron chi connectivity index (χ2n) is 4.03. The first-order chi connectivity index (χ1) is 6.65.